The maximum absolute atomic E-state index is 12.9. The van der Waals surface area contributed by atoms with Crippen molar-refractivity contribution in [3.63, 3.8) is 0 Å². The molecule has 0 atom stereocenters. The molecule has 0 spiro atoms. The highest BCUT2D eigenvalue weighted by molar-refractivity contribution is 6.31. The lowest BCUT2D eigenvalue weighted by atomic mass is 10.1. The molecular weight excluding hydrogens is 350 g/mol. The van der Waals surface area contributed by atoms with Gasteiger partial charge in [-0.15, -0.1) is 0 Å². The molecule has 3 heterocycles. The lowest BCUT2D eigenvalue weighted by molar-refractivity contribution is 0.631. The molecule has 136 valence electrons. The zero-order chi connectivity index (χ0) is 21.6. The average molecular weight is 375 g/mol. The van der Waals surface area contributed by atoms with Gasteiger partial charge in [0.05, 0.1) is 10.4 Å². The number of hydrogen-bond acceptors (Lipinski definition) is 5. The van der Waals surface area contributed by atoms with E-state index in [1.54, 1.807) is 24.4 Å². The Balaban J connectivity index is 2.18. The van der Waals surface area contributed by atoms with Crippen molar-refractivity contribution in [2.45, 2.75) is 33.2 Å². The van der Waals surface area contributed by atoms with Crippen molar-refractivity contribution < 1.29 is 4.11 Å². The molecule has 0 fully saturated rings. The van der Waals surface area contributed by atoms with Crippen molar-refractivity contribution in [3.05, 3.63) is 51.5 Å². The molecule has 3 aromatic rings. The summed E-state index contributed by atoms with van der Waals surface area (Å²) in [6.45, 7) is 5.07. The number of nitrogens with one attached hydrogen (secondary N) is 2. The predicted octanol–water partition coefficient (Wildman–Crippen LogP) is 4.24. The minimum atomic E-state index is -2.58. The molecule has 26 heavy (non-hydrogen) atoms. The Kier molecular flexibility index (Phi) is 3.70. The van der Waals surface area contributed by atoms with Crippen molar-refractivity contribution in [1.29, 1.82) is 0 Å². The fourth-order valence-electron chi connectivity index (χ4n) is 2.51. The van der Waals surface area contributed by atoms with Gasteiger partial charge in [0.2, 0.25) is 0 Å². The summed E-state index contributed by atoms with van der Waals surface area (Å²) in [5, 5.41) is 7.65. The van der Waals surface area contributed by atoms with Gasteiger partial charge in [0.15, 0.2) is 0 Å². The van der Waals surface area contributed by atoms with Crippen LogP contribution in [0.5, 0.6) is 0 Å². The van der Waals surface area contributed by atoms with Crippen LogP contribution >= 0.6 is 11.6 Å². The summed E-state index contributed by atoms with van der Waals surface area (Å²) in [6, 6.07) is 5.06. The van der Waals surface area contributed by atoms with Gasteiger partial charge in [-0.25, -0.2) is 9.97 Å². The zero-order valence-electron chi connectivity index (χ0n) is 18.0. The number of aryl methyl sites for hydroxylation is 2. The van der Waals surface area contributed by atoms with Gasteiger partial charge in [-0.3, -0.25) is 4.79 Å². The molecule has 0 aliphatic heterocycles. The Morgan fingerprint density at radius 3 is 2.69 bits per heavy atom. The molecule has 2 N–H and O–H groups in total. The number of hydrogen-bond donors (Lipinski definition) is 2. The highest BCUT2D eigenvalue weighted by Gasteiger charge is 2.17. The van der Waals surface area contributed by atoms with E-state index in [1.165, 1.54) is 6.20 Å². The highest BCUT2D eigenvalue weighted by atomic mass is 35.5. The minimum Gasteiger partial charge on any atom is -0.365 e. The van der Waals surface area contributed by atoms with Gasteiger partial charge >= 0.3 is 0 Å². The molecule has 3 aromatic heterocycles. The normalized spacial score (nSPS) is 13.8. The zero-order valence-corrected chi connectivity index (χ0v) is 15.8. The first-order valence-electron chi connectivity index (χ1n) is 9.59. The number of halogens is 1. The van der Waals surface area contributed by atoms with Crippen LogP contribution in [-0.4, -0.2) is 20.1 Å². The largest absolute Gasteiger partial charge is 0.365 e. The van der Waals surface area contributed by atoms with Crippen molar-refractivity contribution >= 4 is 39.8 Å². The van der Waals surface area contributed by atoms with E-state index in [-0.39, 0.29) is 5.39 Å². The Bertz CT molecular complexity index is 1140. The summed E-state index contributed by atoms with van der Waals surface area (Å²) in [5.41, 5.74) is -0.173. The summed E-state index contributed by atoms with van der Waals surface area (Å²) in [5.74, 6) is 1.31. The van der Waals surface area contributed by atoms with Crippen molar-refractivity contribution in [2.75, 3.05) is 10.6 Å². The summed E-state index contributed by atoms with van der Waals surface area (Å²) >= 11 is 6.03. The van der Waals surface area contributed by atoms with E-state index in [0.29, 0.717) is 27.9 Å². The number of aromatic nitrogens is 3. The molecular formula is C19H22ClN5O. The van der Waals surface area contributed by atoms with Crippen LogP contribution < -0.4 is 16.2 Å². The van der Waals surface area contributed by atoms with Gasteiger partial charge in [0.1, 0.15) is 17.5 Å². The predicted molar refractivity (Wildman–Crippen MR) is 108 cm³/mol. The van der Waals surface area contributed by atoms with Crippen LogP contribution in [0.3, 0.4) is 0 Å². The molecule has 0 unspecified atom stereocenters. The van der Waals surface area contributed by atoms with Crippen molar-refractivity contribution in [1.82, 2.24) is 14.5 Å². The second-order valence-electron chi connectivity index (χ2n) is 7.13. The van der Waals surface area contributed by atoms with E-state index in [0.717, 1.165) is 10.1 Å². The van der Waals surface area contributed by atoms with Crippen LogP contribution in [0, 0.1) is 6.92 Å². The molecule has 7 heteroatoms. The smallest absolute Gasteiger partial charge is 0.261 e. The monoisotopic (exact) mass is 374 g/mol. The van der Waals surface area contributed by atoms with Gasteiger partial charge in [-0.2, -0.15) is 0 Å². The fraction of sp³-hybridized carbons (Fsp3) is 0.316. The van der Waals surface area contributed by atoms with E-state index in [1.807, 2.05) is 27.7 Å². The third-order valence-corrected chi connectivity index (χ3v) is 4.08. The first kappa shape index (κ1) is 14.6. The summed E-state index contributed by atoms with van der Waals surface area (Å²) < 4.78 is 23.5. The molecule has 0 radical (unpaired) electrons. The topological polar surface area (TPSA) is 71.8 Å². The van der Waals surface area contributed by atoms with E-state index in [2.05, 4.69) is 20.6 Å². The van der Waals surface area contributed by atoms with Gasteiger partial charge in [0, 0.05) is 29.0 Å². The molecule has 0 aromatic carbocycles. The molecule has 0 aliphatic carbocycles. The first-order chi connectivity index (χ1) is 13.3. The lowest BCUT2D eigenvalue weighted by Gasteiger charge is -2.23. The van der Waals surface area contributed by atoms with Crippen LogP contribution in [0.1, 0.15) is 30.4 Å². The second kappa shape index (κ2) is 6.61. The Morgan fingerprint density at radius 2 is 2.04 bits per heavy atom. The Morgan fingerprint density at radius 1 is 1.27 bits per heavy atom. The lowest BCUT2D eigenvalue weighted by Crippen LogP contribution is -2.28. The maximum atomic E-state index is 12.9. The van der Waals surface area contributed by atoms with E-state index < -0.39 is 18.1 Å². The molecule has 0 aliphatic rings. The maximum Gasteiger partial charge on any atom is 0.261 e. The number of nitrogens with zero attached hydrogens (tertiary/aromatic N) is 3. The van der Waals surface area contributed by atoms with Gasteiger partial charge in [-0.05, 0) is 56.8 Å². The quantitative estimate of drug-likeness (QED) is 0.717. The van der Waals surface area contributed by atoms with Gasteiger partial charge in [-0.1, -0.05) is 11.6 Å². The Hall–Kier alpha value is -2.60. The summed E-state index contributed by atoms with van der Waals surface area (Å²) in [6.07, 6.45) is 2.82. The SMILES string of the molecule is [2H]C([2H])([2H])n1ccc2cc(Nc3cc(C)c(Cl)cn3)nc(NC(C)(C)C)c2c1=O. The summed E-state index contributed by atoms with van der Waals surface area (Å²) in [7, 11) is 0. The third kappa shape index (κ3) is 3.80. The van der Waals surface area contributed by atoms with Crippen molar-refractivity contribution in [3.8, 4) is 0 Å². The molecule has 0 saturated carbocycles. The number of fused-ring (bicyclic) bond motifs is 1. The van der Waals surface area contributed by atoms with Gasteiger partial charge < -0.3 is 15.2 Å². The highest BCUT2D eigenvalue weighted by Crippen LogP contribution is 2.26. The molecule has 3 rings (SSSR count). The second-order valence-corrected chi connectivity index (χ2v) is 7.54. The average Bonchev–Trinajstić information content (AvgIpc) is 2.55. The van der Waals surface area contributed by atoms with E-state index >= 15 is 0 Å². The number of anilines is 3. The molecule has 0 amide bonds. The van der Waals surface area contributed by atoms with Crippen LogP contribution in [0.4, 0.5) is 17.5 Å². The van der Waals surface area contributed by atoms with Crippen LogP contribution in [0.25, 0.3) is 10.8 Å². The van der Waals surface area contributed by atoms with Crippen molar-refractivity contribution in [2.24, 2.45) is 6.98 Å². The Labute approximate surface area is 161 Å². The van der Waals surface area contributed by atoms with Crippen LogP contribution in [0.15, 0.2) is 35.4 Å². The number of pyridine rings is 3. The molecule has 0 bridgehead atoms. The standard InChI is InChI=1S/C19H22ClN5O/c1-11-8-14(21-10-13(11)20)22-15-9-12-6-7-25(5)18(26)16(12)17(23-15)24-19(2,3)4/h6-10H,1-5H3,(H2,21,22,23,24)/i5D3. The van der Waals surface area contributed by atoms with Crippen LogP contribution in [-0.2, 0) is 6.98 Å². The first-order valence-corrected chi connectivity index (χ1v) is 8.47. The van der Waals surface area contributed by atoms with E-state index in [9.17, 15) is 4.79 Å². The fourth-order valence-corrected chi connectivity index (χ4v) is 2.62. The molecule has 6 nitrogen and oxygen atoms in total. The molecule has 0 saturated heterocycles. The van der Waals surface area contributed by atoms with Gasteiger partial charge in [0.25, 0.3) is 5.56 Å². The third-order valence-electron chi connectivity index (χ3n) is 3.68. The summed E-state index contributed by atoms with van der Waals surface area (Å²) in [4.78, 5) is 21.7. The van der Waals surface area contributed by atoms with Crippen LogP contribution in [0.2, 0.25) is 5.02 Å². The minimum absolute atomic E-state index is 0.212. The number of rotatable bonds is 3. The van der Waals surface area contributed by atoms with E-state index in [4.69, 9.17) is 15.7 Å².